The first-order valence-corrected chi connectivity index (χ1v) is 11.3. The number of unbranched alkanes of at least 4 members (excludes halogenated alkanes) is 1. The number of aromatic nitrogens is 2. The highest BCUT2D eigenvalue weighted by Crippen LogP contribution is 2.21. The Morgan fingerprint density at radius 3 is 2.63 bits per heavy atom. The van der Waals surface area contributed by atoms with Gasteiger partial charge < -0.3 is 15.5 Å². The van der Waals surface area contributed by atoms with E-state index in [1.165, 1.54) is 0 Å². The van der Waals surface area contributed by atoms with Crippen molar-refractivity contribution in [3.8, 4) is 0 Å². The van der Waals surface area contributed by atoms with E-state index < -0.39 is 0 Å². The van der Waals surface area contributed by atoms with Gasteiger partial charge in [0.05, 0.1) is 5.52 Å². The molecule has 0 atom stereocenters. The Balaban J connectivity index is 1.45. The third-order valence-corrected chi connectivity index (χ3v) is 5.74. The van der Waals surface area contributed by atoms with Gasteiger partial charge in [0, 0.05) is 50.1 Å². The minimum atomic E-state index is -0.122. The van der Waals surface area contributed by atoms with E-state index in [9.17, 15) is 9.59 Å². The summed E-state index contributed by atoms with van der Waals surface area (Å²) >= 11 is 0. The average Bonchev–Trinajstić information content (AvgIpc) is 3.13. The summed E-state index contributed by atoms with van der Waals surface area (Å²) in [6, 6.07) is 8.35. The number of nitrogens with zero attached hydrogens (tertiary/aromatic N) is 3. The summed E-state index contributed by atoms with van der Waals surface area (Å²) in [6.07, 6.45) is 4.56. The van der Waals surface area contributed by atoms with Gasteiger partial charge >= 0.3 is 0 Å². The number of piperidine rings is 1. The molecule has 2 aromatic rings. The van der Waals surface area contributed by atoms with Crippen molar-refractivity contribution in [1.29, 1.82) is 0 Å². The highest BCUT2D eigenvalue weighted by Gasteiger charge is 2.21. The highest BCUT2D eigenvalue weighted by atomic mass is 16.2. The molecule has 164 valence electrons. The van der Waals surface area contributed by atoms with Crippen LogP contribution >= 0.6 is 0 Å². The second-order valence-corrected chi connectivity index (χ2v) is 8.45. The van der Waals surface area contributed by atoms with Crippen molar-refractivity contribution in [3.05, 3.63) is 30.0 Å². The van der Waals surface area contributed by atoms with E-state index in [0.29, 0.717) is 18.7 Å². The molecule has 30 heavy (non-hydrogen) atoms. The summed E-state index contributed by atoms with van der Waals surface area (Å²) in [5, 5.41) is 11.6. The molecule has 0 aliphatic carbocycles. The van der Waals surface area contributed by atoms with Crippen molar-refractivity contribution in [3.63, 3.8) is 0 Å². The second-order valence-electron chi connectivity index (χ2n) is 8.45. The Labute approximate surface area is 179 Å². The van der Waals surface area contributed by atoms with Crippen LogP contribution in [0.5, 0.6) is 0 Å². The van der Waals surface area contributed by atoms with Crippen LogP contribution in [0.15, 0.2) is 24.3 Å². The van der Waals surface area contributed by atoms with Crippen LogP contribution in [0, 0.1) is 0 Å². The maximum Gasteiger partial charge on any atom is 0.272 e. The number of hydrogen-bond donors (Lipinski definition) is 2. The van der Waals surface area contributed by atoms with Gasteiger partial charge in [0.15, 0.2) is 5.69 Å². The molecule has 2 N–H and O–H groups in total. The van der Waals surface area contributed by atoms with E-state index in [-0.39, 0.29) is 23.9 Å². The molecule has 1 aliphatic heterocycles. The fourth-order valence-corrected chi connectivity index (χ4v) is 4.00. The standard InChI is InChI=1S/C23H35N5O2/c1-4-5-10-21(29)25-18-11-14-27(15-12-18)16-13-24-23(30)22-19-8-6-7-9-20(19)28(26-22)17(2)3/h6-9,17-18H,4-5,10-16H2,1-3H3,(H,24,30)(H,25,29). The largest absolute Gasteiger partial charge is 0.353 e. The maximum atomic E-state index is 12.7. The molecule has 0 radical (unpaired) electrons. The van der Waals surface area contributed by atoms with Gasteiger partial charge in [-0.05, 0) is 39.2 Å². The Morgan fingerprint density at radius 1 is 1.20 bits per heavy atom. The summed E-state index contributed by atoms with van der Waals surface area (Å²) in [7, 11) is 0. The Morgan fingerprint density at radius 2 is 1.93 bits per heavy atom. The highest BCUT2D eigenvalue weighted by molar-refractivity contribution is 6.04. The molecule has 0 bridgehead atoms. The zero-order chi connectivity index (χ0) is 21.5. The number of benzene rings is 1. The monoisotopic (exact) mass is 413 g/mol. The van der Waals surface area contributed by atoms with Gasteiger partial charge in [0.1, 0.15) is 0 Å². The van der Waals surface area contributed by atoms with Gasteiger partial charge in [-0.25, -0.2) is 0 Å². The van der Waals surface area contributed by atoms with Gasteiger partial charge in [-0.1, -0.05) is 31.5 Å². The first kappa shape index (κ1) is 22.3. The number of amides is 2. The molecule has 7 heteroatoms. The molecule has 0 unspecified atom stereocenters. The number of fused-ring (bicyclic) bond motifs is 1. The summed E-state index contributed by atoms with van der Waals surface area (Å²) in [5.74, 6) is 0.0549. The van der Waals surface area contributed by atoms with E-state index in [1.807, 2.05) is 28.9 Å². The smallest absolute Gasteiger partial charge is 0.272 e. The number of nitrogens with one attached hydrogen (secondary N) is 2. The minimum absolute atomic E-state index is 0.122. The zero-order valence-corrected chi connectivity index (χ0v) is 18.5. The maximum absolute atomic E-state index is 12.7. The first-order chi connectivity index (χ1) is 14.5. The van der Waals surface area contributed by atoms with Gasteiger partial charge in [0.25, 0.3) is 5.91 Å². The van der Waals surface area contributed by atoms with Crippen molar-refractivity contribution < 1.29 is 9.59 Å². The van der Waals surface area contributed by atoms with E-state index in [2.05, 4.69) is 41.4 Å². The predicted molar refractivity (Wildman–Crippen MR) is 120 cm³/mol. The molecule has 1 aliphatic rings. The van der Waals surface area contributed by atoms with Crippen molar-refractivity contribution in [1.82, 2.24) is 25.3 Å². The van der Waals surface area contributed by atoms with Gasteiger partial charge in [-0.3, -0.25) is 14.3 Å². The molecule has 1 fully saturated rings. The fourth-order valence-electron chi connectivity index (χ4n) is 4.00. The van der Waals surface area contributed by atoms with Gasteiger partial charge in [-0.2, -0.15) is 5.10 Å². The average molecular weight is 414 g/mol. The lowest BCUT2D eigenvalue weighted by Gasteiger charge is -2.32. The fraction of sp³-hybridized carbons (Fsp3) is 0.609. The number of carbonyl (C=O) groups is 2. The van der Waals surface area contributed by atoms with Crippen LogP contribution < -0.4 is 10.6 Å². The number of carbonyl (C=O) groups excluding carboxylic acids is 2. The third-order valence-electron chi connectivity index (χ3n) is 5.74. The van der Waals surface area contributed by atoms with Crippen LogP contribution in [0.25, 0.3) is 10.9 Å². The van der Waals surface area contributed by atoms with Crippen LogP contribution in [0.1, 0.15) is 69.4 Å². The van der Waals surface area contributed by atoms with Crippen molar-refractivity contribution in [2.24, 2.45) is 0 Å². The molecular formula is C23H35N5O2. The Hall–Kier alpha value is -2.41. The van der Waals surface area contributed by atoms with Crippen LogP contribution in [0.3, 0.4) is 0 Å². The number of rotatable bonds is 9. The molecule has 1 aromatic carbocycles. The Bertz CT molecular complexity index is 852. The minimum Gasteiger partial charge on any atom is -0.353 e. The van der Waals surface area contributed by atoms with Crippen molar-refractivity contribution in [2.45, 2.75) is 65.0 Å². The van der Waals surface area contributed by atoms with E-state index in [4.69, 9.17) is 0 Å². The summed E-state index contributed by atoms with van der Waals surface area (Å²) < 4.78 is 1.91. The SMILES string of the molecule is CCCCC(=O)NC1CCN(CCNC(=O)c2nn(C(C)C)c3ccccc23)CC1. The zero-order valence-electron chi connectivity index (χ0n) is 18.5. The summed E-state index contributed by atoms with van der Waals surface area (Å²) in [6.45, 7) is 9.52. The van der Waals surface area contributed by atoms with Crippen molar-refractivity contribution in [2.75, 3.05) is 26.2 Å². The molecule has 2 amide bonds. The molecule has 7 nitrogen and oxygen atoms in total. The van der Waals surface area contributed by atoms with Crippen LogP contribution in [-0.2, 0) is 4.79 Å². The van der Waals surface area contributed by atoms with E-state index in [1.54, 1.807) is 0 Å². The second kappa shape index (κ2) is 10.6. The van der Waals surface area contributed by atoms with Crippen LogP contribution in [-0.4, -0.2) is 58.7 Å². The lowest BCUT2D eigenvalue weighted by molar-refractivity contribution is -0.122. The molecule has 1 saturated heterocycles. The lowest BCUT2D eigenvalue weighted by atomic mass is 10.0. The van der Waals surface area contributed by atoms with E-state index >= 15 is 0 Å². The molecule has 0 spiro atoms. The number of para-hydroxylation sites is 1. The Kier molecular flexibility index (Phi) is 7.85. The molecular weight excluding hydrogens is 378 g/mol. The normalized spacial score (nSPS) is 15.6. The molecule has 1 aromatic heterocycles. The number of hydrogen-bond acceptors (Lipinski definition) is 4. The van der Waals surface area contributed by atoms with Crippen molar-refractivity contribution >= 4 is 22.7 Å². The molecule has 2 heterocycles. The van der Waals surface area contributed by atoms with Crippen LogP contribution in [0.4, 0.5) is 0 Å². The molecule has 3 rings (SSSR count). The third kappa shape index (κ3) is 5.59. The predicted octanol–water partition coefficient (Wildman–Crippen LogP) is 3.12. The summed E-state index contributed by atoms with van der Waals surface area (Å²) in [4.78, 5) is 27.0. The topological polar surface area (TPSA) is 79.3 Å². The number of likely N-dealkylation sites (tertiary alicyclic amines) is 1. The van der Waals surface area contributed by atoms with Gasteiger partial charge in [-0.15, -0.1) is 0 Å². The lowest BCUT2D eigenvalue weighted by Crippen LogP contribution is -2.46. The van der Waals surface area contributed by atoms with Gasteiger partial charge in [0.2, 0.25) is 5.91 Å². The van der Waals surface area contributed by atoms with E-state index in [0.717, 1.165) is 56.2 Å². The quantitative estimate of drug-likeness (QED) is 0.662. The van der Waals surface area contributed by atoms with Crippen LogP contribution in [0.2, 0.25) is 0 Å². The summed E-state index contributed by atoms with van der Waals surface area (Å²) in [5.41, 5.74) is 1.48. The molecule has 0 saturated carbocycles. The first-order valence-electron chi connectivity index (χ1n) is 11.3.